The summed E-state index contributed by atoms with van der Waals surface area (Å²) in [5.41, 5.74) is 7.25. The Morgan fingerprint density at radius 2 is 2.00 bits per heavy atom. The van der Waals surface area contributed by atoms with Gasteiger partial charge in [0.25, 0.3) is 0 Å². The molecule has 0 bridgehead atoms. The highest BCUT2D eigenvalue weighted by atomic mass is 19.1. The molecule has 1 aliphatic heterocycles. The predicted molar refractivity (Wildman–Crippen MR) is 105 cm³/mol. The number of aromatic nitrogens is 2. The Labute approximate surface area is 168 Å². The van der Waals surface area contributed by atoms with Gasteiger partial charge in [-0.3, -0.25) is 9.59 Å². The van der Waals surface area contributed by atoms with Crippen LogP contribution in [0.2, 0.25) is 0 Å². The van der Waals surface area contributed by atoms with Crippen molar-refractivity contribution in [3.8, 4) is 11.1 Å². The highest BCUT2D eigenvalue weighted by Crippen LogP contribution is 2.31. The summed E-state index contributed by atoms with van der Waals surface area (Å²) >= 11 is 0. The SMILES string of the molecule is CN(C)c1ncc(-c2ccc(F)cc2)c([C@@H]2CN(C(=O)CCC(N)=O)CCO2)n1. The molecule has 2 amide bonds. The molecule has 1 aromatic carbocycles. The summed E-state index contributed by atoms with van der Waals surface area (Å²) < 4.78 is 19.3. The summed E-state index contributed by atoms with van der Waals surface area (Å²) in [6.07, 6.45) is 1.30. The monoisotopic (exact) mass is 401 g/mol. The van der Waals surface area contributed by atoms with E-state index in [9.17, 15) is 14.0 Å². The Morgan fingerprint density at radius 1 is 1.28 bits per heavy atom. The highest BCUT2D eigenvalue weighted by Gasteiger charge is 2.29. The van der Waals surface area contributed by atoms with E-state index in [0.29, 0.717) is 36.9 Å². The van der Waals surface area contributed by atoms with Crippen LogP contribution < -0.4 is 10.6 Å². The molecule has 2 N–H and O–H groups in total. The van der Waals surface area contributed by atoms with E-state index in [1.54, 1.807) is 28.1 Å². The van der Waals surface area contributed by atoms with Gasteiger partial charge in [-0.05, 0) is 17.7 Å². The molecule has 0 spiro atoms. The molecular formula is C20H24FN5O3. The number of rotatable bonds is 6. The van der Waals surface area contributed by atoms with Crippen molar-refractivity contribution in [2.75, 3.05) is 38.7 Å². The molecular weight excluding hydrogens is 377 g/mol. The summed E-state index contributed by atoms with van der Waals surface area (Å²) in [4.78, 5) is 35.9. The first-order valence-corrected chi connectivity index (χ1v) is 9.33. The first-order chi connectivity index (χ1) is 13.8. The Bertz CT molecular complexity index is 888. The van der Waals surface area contributed by atoms with Crippen molar-refractivity contribution in [3.63, 3.8) is 0 Å². The number of nitrogens with two attached hydrogens (primary N) is 1. The lowest BCUT2D eigenvalue weighted by Crippen LogP contribution is -2.42. The molecule has 1 aromatic heterocycles. The van der Waals surface area contributed by atoms with Crippen LogP contribution >= 0.6 is 0 Å². The average Bonchev–Trinajstić information content (AvgIpc) is 2.72. The van der Waals surface area contributed by atoms with Crippen LogP contribution in [-0.2, 0) is 14.3 Å². The molecule has 2 heterocycles. The van der Waals surface area contributed by atoms with Crippen molar-refractivity contribution in [2.45, 2.75) is 18.9 Å². The number of carbonyl (C=O) groups excluding carboxylic acids is 2. The maximum absolute atomic E-state index is 13.4. The summed E-state index contributed by atoms with van der Waals surface area (Å²) in [6.45, 7) is 1.08. The van der Waals surface area contributed by atoms with Gasteiger partial charge in [-0.2, -0.15) is 0 Å². The molecule has 1 atom stereocenters. The molecule has 3 rings (SSSR count). The van der Waals surface area contributed by atoms with Gasteiger partial charge in [0.2, 0.25) is 17.8 Å². The summed E-state index contributed by atoms with van der Waals surface area (Å²) in [7, 11) is 3.66. The second-order valence-corrected chi connectivity index (χ2v) is 7.04. The van der Waals surface area contributed by atoms with Crippen LogP contribution in [0.4, 0.5) is 10.3 Å². The van der Waals surface area contributed by atoms with Crippen molar-refractivity contribution in [1.82, 2.24) is 14.9 Å². The second-order valence-electron chi connectivity index (χ2n) is 7.04. The van der Waals surface area contributed by atoms with Crippen LogP contribution in [0.15, 0.2) is 30.5 Å². The Morgan fingerprint density at radius 3 is 2.66 bits per heavy atom. The van der Waals surface area contributed by atoms with Crippen LogP contribution in [0.25, 0.3) is 11.1 Å². The molecule has 0 aliphatic carbocycles. The Kier molecular flexibility index (Phi) is 6.38. The minimum Gasteiger partial charge on any atom is -0.370 e. The molecule has 8 nitrogen and oxygen atoms in total. The van der Waals surface area contributed by atoms with Crippen LogP contribution in [0, 0.1) is 5.82 Å². The maximum atomic E-state index is 13.4. The zero-order chi connectivity index (χ0) is 21.0. The standard InChI is InChI=1S/C20H24FN5O3/c1-25(2)20-23-11-15(13-3-5-14(21)6-4-13)19(24-20)16-12-26(9-10-29-16)18(28)8-7-17(22)27/h3-6,11,16H,7-10,12H2,1-2H3,(H2,22,27)/t16-/m0/s1. The van der Waals surface area contributed by atoms with E-state index in [1.165, 1.54) is 12.1 Å². The fraction of sp³-hybridized carbons (Fsp3) is 0.400. The van der Waals surface area contributed by atoms with E-state index in [0.717, 1.165) is 5.56 Å². The Balaban J connectivity index is 1.90. The fourth-order valence-electron chi connectivity index (χ4n) is 3.13. The number of primary amides is 1. The lowest BCUT2D eigenvalue weighted by Gasteiger charge is -2.33. The maximum Gasteiger partial charge on any atom is 0.225 e. The number of hydrogen-bond donors (Lipinski definition) is 1. The van der Waals surface area contributed by atoms with Gasteiger partial charge >= 0.3 is 0 Å². The van der Waals surface area contributed by atoms with E-state index >= 15 is 0 Å². The van der Waals surface area contributed by atoms with E-state index < -0.39 is 12.0 Å². The zero-order valence-electron chi connectivity index (χ0n) is 16.5. The number of benzene rings is 1. The minimum atomic E-state index is -0.506. The van der Waals surface area contributed by atoms with Gasteiger partial charge in [0.15, 0.2) is 0 Å². The van der Waals surface area contributed by atoms with Crippen molar-refractivity contribution in [3.05, 3.63) is 42.0 Å². The third-order valence-electron chi connectivity index (χ3n) is 4.67. The van der Waals surface area contributed by atoms with Crippen LogP contribution in [-0.4, -0.2) is 60.5 Å². The Hall–Kier alpha value is -3.07. The minimum absolute atomic E-state index is 0.0139. The first-order valence-electron chi connectivity index (χ1n) is 9.33. The fourth-order valence-corrected chi connectivity index (χ4v) is 3.13. The second kappa shape index (κ2) is 8.95. The number of anilines is 1. The van der Waals surface area contributed by atoms with E-state index in [2.05, 4.69) is 9.97 Å². The molecule has 2 aromatic rings. The van der Waals surface area contributed by atoms with Crippen LogP contribution in [0.3, 0.4) is 0 Å². The quantitative estimate of drug-likeness (QED) is 0.787. The molecule has 29 heavy (non-hydrogen) atoms. The number of ether oxygens (including phenoxy) is 1. The molecule has 1 fully saturated rings. The van der Waals surface area contributed by atoms with Gasteiger partial charge in [-0.1, -0.05) is 12.1 Å². The number of nitrogens with zero attached hydrogens (tertiary/aromatic N) is 4. The topological polar surface area (TPSA) is 102 Å². The van der Waals surface area contributed by atoms with Crippen molar-refractivity contribution in [2.24, 2.45) is 5.73 Å². The van der Waals surface area contributed by atoms with Crippen LogP contribution in [0.1, 0.15) is 24.6 Å². The molecule has 9 heteroatoms. The van der Waals surface area contributed by atoms with Gasteiger partial charge < -0.3 is 20.3 Å². The summed E-state index contributed by atoms with van der Waals surface area (Å²) in [5.74, 6) is -0.483. The van der Waals surface area contributed by atoms with Crippen LogP contribution in [0.5, 0.6) is 0 Å². The zero-order valence-corrected chi connectivity index (χ0v) is 16.5. The third-order valence-corrected chi connectivity index (χ3v) is 4.67. The molecule has 0 radical (unpaired) electrons. The van der Waals surface area contributed by atoms with Crippen molar-refractivity contribution in [1.29, 1.82) is 0 Å². The molecule has 0 unspecified atom stereocenters. The number of halogens is 1. The smallest absolute Gasteiger partial charge is 0.225 e. The van der Waals surface area contributed by atoms with Gasteiger partial charge in [-0.25, -0.2) is 14.4 Å². The largest absolute Gasteiger partial charge is 0.370 e. The number of carbonyl (C=O) groups is 2. The van der Waals surface area contributed by atoms with Gasteiger partial charge in [0.05, 0.1) is 18.8 Å². The number of morpholine rings is 1. The lowest BCUT2D eigenvalue weighted by molar-refractivity contribution is -0.140. The van der Waals surface area contributed by atoms with Crippen molar-refractivity contribution < 1.29 is 18.7 Å². The normalized spacial score (nSPS) is 16.5. The number of amides is 2. The third kappa shape index (κ3) is 5.05. The van der Waals surface area contributed by atoms with Crippen molar-refractivity contribution >= 4 is 17.8 Å². The van der Waals surface area contributed by atoms with E-state index in [-0.39, 0.29) is 24.6 Å². The van der Waals surface area contributed by atoms with Gasteiger partial charge in [0.1, 0.15) is 11.9 Å². The first kappa shape index (κ1) is 20.7. The summed E-state index contributed by atoms with van der Waals surface area (Å²) in [5, 5.41) is 0. The van der Waals surface area contributed by atoms with E-state index in [4.69, 9.17) is 10.5 Å². The average molecular weight is 401 g/mol. The predicted octanol–water partition coefficient (Wildman–Crippen LogP) is 1.51. The molecule has 154 valence electrons. The van der Waals surface area contributed by atoms with E-state index in [1.807, 2.05) is 14.1 Å². The number of hydrogen-bond acceptors (Lipinski definition) is 6. The summed E-state index contributed by atoms with van der Waals surface area (Å²) in [6, 6.07) is 6.07. The molecule has 0 saturated carbocycles. The highest BCUT2D eigenvalue weighted by molar-refractivity contribution is 5.83. The molecule has 1 saturated heterocycles. The molecule has 1 aliphatic rings. The van der Waals surface area contributed by atoms with Gasteiger partial charge in [0, 0.05) is 45.2 Å². The lowest BCUT2D eigenvalue weighted by atomic mass is 10.0. The van der Waals surface area contributed by atoms with Gasteiger partial charge in [-0.15, -0.1) is 0 Å².